The summed E-state index contributed by atoms with van der Waals surface area (Å²) in [6.07, 6.45) is 0.717. The maximum atomic E-state index is 12.9. The van der Waals surface area contributed by atoms with Crippen molar-refractivity contribution >= 4 is 0 Å². The lowest BCUT2D eigenvalue weighted by Gasteiger charge is -2.34. The van der Waals surface area contributed by atoms with Gasteiger partial charge < -0.3 is 10.4 Å². The zero-order valence-electron chi connectivity index (χ0n) is 11.7. The first kappa shape index (κ1) is 15.1. The van der Waals surface area contributed by atoms with E-state index in [1.165, 1.54) is 12.1 Å². The summed E-state index contributed by atoms with van der Waals surface area (Å²) in [7, 11) is 0. The van der Waals surface area contributed by atoms with E-state index in [2.05, 4.69) is 33.0 Å². The number of hydrogen-bond acceptors (Lipinski definition) is 2. The van der Waals surface area contributed by atoms with E-state index in [9.17, 15) is 4.39 Å². The Labute approximate surface area is 109 Å². The van der Waals surface area contributed by atoms with Crippen LogP contribution < -0.4 is 5.32 Å². The molecule has 102 valence electrons. The van der Waals surface area contributed by atoms with Gasteiger partial charge in [0.2, 0.25) is 0 Å². The van der Waals surface area contributed by atoms with Crippen LogP contribution in [0.3, 0.4) is 0 Å². The number of rotatable bonds is 5. The van der Waals surface area contributed by atoms with Gasteiger partial charge in [0.25, 0.3) is 0 Å². The lowest BCUT2D eigenvalue weighted by molar-refractivity contribution is 0.188. The highest BCUT2D eigenvalue weighted by Crippen LogP contribution is 2.25. The molecule has 2 N–H and O–H groups in total. The Morgan fingerprint density at radius 3 is 2.22 bits per heavy atom. The highest BCUT2D eigenvalue weighted by molar-refractivity contribution is 5.19. The Bertz CT molecular complexity index is 356. The minimum absolute atomic E-state index is 0.0804. The van der Waals surface area contributed by atoms with Crippen LogP contribution in [-0.2, 0) is 0 Å². The van der Waals surface area contributed by atoms with Crippen LogP contribution in [0.1, 0.15) is 45.7 Å². The summed E-state index contributed by atoms with van der Waals surface area (Å²) in [4.78, 5) is 0. The first-order valence-corrected chi connectivity index (χ1v) is 6.47. The van der Waals surface area contributed by atoms with Gasteiger partial charge >= 0.3 is 0 Å². The normalized spacial score (nSPS) is 15.4. The van der Waals surface area contributed by atoms with Crippen LogP contribution in [0.25, 0.3) is 0 Å². The highest BCUT2D eigenvalue weighted by atomic mass is 19.1. The van der Waals surface area contributed by atoms with Gasteiger partial charge in [-0.15, -0.1) is 0 Å². The minimum Gasteiger partial charge on any atom is -0.396 e. The van der Waals surface area contributed by atoms with Crippen molar-refractivity contribution in [3.63, 3.8) is 0 Å². The SMILES string of the molecule is CC(NC(CCO)C(C)(C)C)c1ccc(F)cc1. The third kappa shape index (κ3) is 4.39. The number of halogens is 1. The van der Waals surface area contributed by atoms with Crippen molar-refractivity contribution in [2.24, 2.45) is 5.41 Å². The van der Waals surface area contributed by atoms with Gasteiger partial charge in [-0.25, -0.2) is 4.39 Å². The van der Waals surface area contributed by atoms with E-state index in [4.69, 9.17) is 5.11 Å². The topological polar surface area (TPSA) is 32.3 Å². The Morgan fingerprint density at radius 1 is 1.22 bits per heavy atom. The largest absolute Gasteiger partial charge is 0.396 e. The van der Waals surface area contributed by atoms with Crippen LogP contribution in [0, 0.1) is 11.2 Å². The van der Waals surface area contributed by atoms with Crippen LogP contribution in [0.15, 0.2) is 24.3 Å². The van der Waals surface area contributed by atoms with Crippen molar-refractivity contribution in [2.75, 3.05) is 6.61 Å². The smallest absolute Gasteiger partial charge is 0.123 e. The second-order valence-corrected chi connectivity index (χ2v) is 5.87. The number of aliphatic hydroxyl groups is 1. The van der Waals surface area contributed by atoms with Gasteiger partial charge in [-0.2, -0.15) is 0 Å². The zero-order valence-corrected chi connectivity index (χ0v) is 11.7. The van der Waals surface area contributed by atoms with Crippen molar-refractivity contribution in [2.45, 2.75) is 46.2 Å². The van der Waals surface area contributed by atoms with E-state index < -0.39 is 0 Å². The molecule has 1 aromatic rings. The number of benzene rings is 1. The van der Waals surface area contributed by atoms with E-state index in [0.717, 1.165) is 12.0 Å². The van der Waals surface area contributed by atoms with E-state index in [1.54, 1.807) is 12.1 Å². The average molecular weight is 253 g/mol. The Morgan fingerprint density at radius 2 is 1.78 bits per heavy atom. The van der Waals surface area contributed by atoms with Crippen molar-refractivity contribution in [3.8, 4) is 0 Å². The van der Waals surface area contributed by atoms with Gasteiger partial charge in [-0.1, -0.05) is 32.9 Å². The molecule has 1 rings (SSSR count). The summed E-state index contributed by atoms with van der Waals surface area (Å²) < 4.78 is 12.9. The molecule has 0 fully saturated rings. The molecule has 0 aliphatic carbocycles. The van der Waals surface area contributed by atoms with E-state index in [-0.39, 0.29) is 29.9 Å². The molecule has 0 radical (unpaired) electrons. The molecule has 0 amide bonds. The predicted molar refractivity (Wildman–Crippen MR) is 72.9 cm³/mol. The molecule has 2 unspecified atom stereocenters. The van der Waals surface area contributed by atoms with Gasteiger partial charge in [0.05, 0.1) is 0 Å². The fraction of sp³-hybridized carbons (Fsp3) is 0.600. The second kappa shape index (κ2) is 6.30. The summed E-state index contributed by atoms with van der Waals surface area (Å²) in [6.45, 7) is 8.68. The number of nitrogens with one attached hydrogen (secondary N) is 1. The lowest BCUT2D eigenvalue weighted by atomic mass is 9.84. The molecule has 2 atom stereocenters. The standard InChI is InChI=1S/C15H24FNO/c1-11(12-5-7-13(16)8-6-12)17-14(9-10-18)15(2,3)4/h5-8,11,14,17-18H,9-10H2,1-4H3. The van der Waals surface area contributed by atoms with Gasteiger partial charge in [-0.3, -0.25) is 0 Å². The Balaban J connectivity index is 2.72. The highest BCUT2D eigenvalue weighted by Gasteiger charge is 2.25. The number of hydrogen-bond donors (Lipinski definition) is 2. The fourth-order valence-electron chi connectivity index (χ4n) is 2.04. The predicted octanol–water partition coefficient (Wildman–Crippen LogP) is 3.27. The fourth-order valence-corrected chi connectivity index (χ4v) is 2.04. The molecular formula is C15H24FNO. The van der Waals surface area contributed by atoms with Gasteiger partial charge in [0, 0.05) is 18.7 Å². The second-order valence-electron chi connectivity index (χ2n) is 5.87. The summed E-state index contributed by atoms with van der Waals surface area (Å²) >= 11 is 0. The monoisotopic (exact) mass is 253 g/mol. The first-order chi connectivity index (χ1) is 8.34. The van der Waals surface area contributed by atoms with E-state index in [1.807, 2.05) is 0 Å². The van der Waals surface area contributed by atoms with Crippen molar-refractivity contribution in [3.05, 3.63) is 35.6 Å². The maximum absolute atomic E-state index is 12.9. The molecule has 0 aliphatic rings. The molecule has 2 nitrogen and oxygen atoms in total. The van der Waals surface area contributed by atoms with Crippen molar-refractivity contribution < 1.29 is 9.50 Å². The molecule has 0 spiro atoms. The quantitative estimate of drug-likeness (QED) is 0.844. The molecule has 0 heterocycles. The maximum Gasteiger partial charge on any atom is 0.123 e. The molecule has 18 heavy (non-hydrogen) atoms. The lowest BCUT2D eigenvalue weighted by Crippen LogP contribution is -2.42. The van der Waals surface area contributed by atoms with Crippen LogP contribution in [-0.4, -0.2) is 17.8 Å². The van der Waals surface area contributed by atoms with Gasteiger partial charge in [-0.05, 0) is 36.5 Å². The van der Waals surface area contributed by atoms with Gasteiger partial charge in [0.1, 0.15) is 5.82 Å². The van der Waals surface area contributed by atoms with Gasteiger partial charge in [0.15, 0.2) is 0 Å². The molecule has 0 saturated carbocycles. The van der Waals surface area contributed by atoms with Crippen molar-refractivity contribution in [1.29, 1.82) is 0 Å². The Hall–Kier alpha value is -0.930. The van der Waals surface area contributed by atoms with E-state index in [0.29, 0.717) is 0 Å². The molecule has 1 aromatic carbocycles. The molecule has 0 bridgehead atoms. The molecule has 3 heteroatoms. The summed E-state index contributed by atoms with van der Waals surface area (Å²) in [6, 6.07) is 6.91. The van der Waals surface area contributed by atoms with Crippen LogP contribution in [0.4, 0.5) is 4.39 Å². The third-order valence-corrected chi connectivity index (χ3v) is 3.28. The molecular weight excluding hydrogens is 229 g/mol. The summed E-state index contributed by atoms with van der Waals surface area (Å²) in [5.74, 6) is -0.214. The number of aliphatic hydroxyl groups excluding tert-OH is 1. The average Bonchev–Trinajstić information content (AvgIpc) is 2.28. The summed E-state index contributed by atoms with van der Waals surface area (Å²) in [5.41, 5.74) is 1.14. The zero-order chi connectivity index (χ0) is 13.8. The molecule has 0 saturated heterocycles. The minimum atomic E-state index is -0.214. The van der Waals surface area contributed by atoms with E-state index >= 15 is 0 Å². The first-order valence-electron chi connectivity index (χ1n) is 6.47. The van der Waals surface area contributed by atoms with Crippen LogP contribution >= 0.6 is 0 Å². The molecule has 0 aromatic heterocycles. The van der Waals surface area contributed by atoms with Crippen LogP contribution in [0.5, 0.6) is 0 Å². The summed E-state index contributed by atoms with van der Waals surface area (Å²) in [5, 5.41) is 12.6. The third-order valence-electron chi connectivity index (χ3n) is 3.28. The Kier molecular flexibility index (Phi) is 5.29. The van der Waals surface area contributed by atoms with Crippen molar-refractivity contribution in [1.82, 2.24) is 5.32 Å². The molecule has 0 aliphatic heterocycles. The van der Waals surface area contributed by atoms with Crippen LogP contribution in [0.2, 0.25) is 0 Å².